The lowest BCUT2D eigenvalue weighted by Crippen LogP contribution is -2.14. The fourth-order valence-corrected chi connectivity index (χ4v) is 4.19. The molecule has 5 rings (SSSR count). The zero-order chi connectivity index (χ0) is 27.0. The van der Waals surface area contributed by atoms with Crippen molar-refractivity contribution in [3.63, 3.8) is 0 Å². The van der Waals surface area contributed by atoms with Crippen molar-refractivity contribution in [1.29, 1.82) is 0 Å². The highest BCUT2D eigenvalue weighted by molar-refractivity contribution is 6.35. The molecule has 194 valence electrons. The molecule has 2 aromatic carbocycles. The van der Waals surface area contributed by atoms with Crippen LogP contribution in [0, 0.1) is 0 Å². The van der Waals surface area contributed by atoms with Gasteiger partial charge in [0.05, 0.1) is 36.8 Å². The number of hydrogen-bond acceptors (Lipinski definition) is 6. The Morgan fingerprint density at radius 2 is 1.45 bits per heavy atom. The average molecular weight is 541 g/mol. The second kappa shape index (κ2) is 9.82. The first-order chi connectivity index (χ1) is 18.2. The van der Waals surface area contributed by atoms with Crippen LogP contribution in [0.25, 0.3) is 39.7 Å². The second-order valence-corrected chi connectivity index (χ2v) is 8.60. The van der Waals surface area contributed by atoms with E-state index in [1.165, 1.54) is 22.7 Å². The summed E-state index contributed by atoms with van der Waals surface area (Å²) in [5.41, 5.74) is 1.16. The predicted octanol–water partition coefficient (Wildman–Crippen LogP) is 6.09. The van der Waals surface area contributed by atoms with Gasteiger partial charge in [-0.2, -0.15) is 28.1 Å². The molecule has 0 saturated carbocycles. The second-order valence-electron chi connectivity index (χ2n) is 8.22. The fourth-order valence-electron chi connectivity index (χ4n) is 3.85. The molecular formula is C26H20ClF3N6O2. The summed E-state index contributed by atoms with van der Waals surface area (Å²) in [5.74, 6) is 0.925. The van der Waals surface area contributed by atoms with Gasteiger partial charge >= 0.3 is 6.18 Å². The zero-order valence-electron chi connectivity index (χ0n) is 20.4. The van der Waals surface area contributed by atoms with Gasteiger partial charge in [0.2, 0.25) is 0 Å². The molecule has 3 heterocycles. The van der Waals surface area contributed by atoms with E-state index in [1.807, 2.05) is 0 Å². The Kier molecular flexibility index (Phi) is 6.53. The van der Waals surface area contributed by atoms with E-state index in [4.69, 9.17) is 21.1 Å². The normalized spacial score (nSPS) is 11.6. The van der Waals surface area contributed by atoms with Gasteiger partial charge in [-0.1, -0.05) is 11.6 Å². The monoisotopic (exact) mass is 540 g/mol. The third-order valence-corrected chi connectivity index (χ3v) is 6.11. The van der Waals surface area contributed by atoms with Crippen LogP contribution in [-0.2, 0) is 13.2 Å². The maximum absolute atomic E-state index is 13.9. The Morgan fingerprint density at radius 1 is 0.842 bits per heavy atom. The highest BCUT2D eigenvalue weighted by Crippen LogP contribution is 2.39. The number of nitrogens with zero attached hydrogens (tertiary/aromatic N) is 6. The molecule has 0 aliphatic carbocycles. The van der Waals surface area contributed by atoms with Crippen LogP contribution in [0.2, 0.25) is 5.02 Å². The van der Waals surface area contributed by atoms with Crippen LogP contribution < -0.4 is 9.47 Å². The molecule has 0 N–H and O–H groups in total. The van der Waals surface area contributed by atoms with Gasteiger partial charge in [-0.15, -0.1) is 0 Å². The first-order valence-electron chi connectivity index (χ1n) is 11.2. The predicted molar refractivity (Wildman–Crippen MR) is 135 cm³/mol. The van der Waals surface area contributed by atoms with Crippen molar-refractivity contribution in [2.45, 2.75) is 6.18 Å². The van der Waals surface area contributed by atoms with Crippen molar-refractivity contribution in [2.75, 3.05) is 14.2 Å². The molecule has 0 amide bonds. The maximum atomic E-state index is 13.9. The number of aromatic nitrogens is 6. The topological polar surface area (TPSA) is 79.9 Å². The van der Waals surface area contributed by atoms with Crippen LogP contribution in [0.4, 0.5) is 13.2 Å². The van der Waals surface area contributed by atoms with E-state index >= 15 is 0 Å². The SMILES string of the molecule is COc1ccc(-c2nn(-c3nc(-c4cnn(C)c4)cc(C(F)(F)F)n3)c(-c3ccc(OC)cc3)c2Cl)cc1. The summed E-state index contributed by atoms with van der Waals surface area (Å²) in [6.45, 7) is 0. The molecule has 0 aliphatic rings. The summed E-state index contributed by atoms with van der Waals surface area (Å²) in [7, 11) is 4.74. The van der Waals surface area contributed by atoms with Gasteiger partial charge in [-0.05, 0) is 54.6 Å². The lowest BCUT2D eigenvalue weighted by atomic mass is 10.1. The van der Waals surface area contributed by atoms with Gasteiger partial charge in [-0.25, -0.2) is 9.97 Å². The summed E-state index contributed by atoms with van der Waals surface area (Å²) < 4.78 is 54.9. The van der Waals surface area contributed by atoms with Gasteiger partial charge in [0.25, 0.3) is 5.95 Å². The molecule has 0 spiro atoms. The fraction of sp³-hybridized carbons (Fsp3) is 0.154. The first kappa shape index (κ1) is 25.3. The average Bonchev–Trinajstić information content (AvgIpc) is 3.51. The molecule has 12 heteroatoms. The van der Waals surface area contributed by atoms with Gasteiger partial charge in [0.15, 0.2) is 5.69 Å². The van der Waals surface area contributed by atoms with E-state index in [1.54, 1.807) is 68.9 Å². The highest BCUT2D eigenvalue weighted by Gasteiger charge is 2.35. The summed E-state index contributed by atoms with van der Waals surface area (Å²) in [6.07, 6.45) is -1.74. The Labute approximate surface area is 220 Å². The Bertz CT molecular complexity index is 1600. The van der Waals surface area contributed by atoms with E-state index in [9.17, 15) is 13.2 Å². The van der Waals surface area contributed by atoms with E-state index in [2.05, 4.69) is 20.2 Å². The van der Waals surface area contributed by atoms with Crippen molar-refractivity contribution >= 4 is 11.6 Å². The van der Waals surface area contributed by atoms with Crippen LogP contribution in [-0.4, -0.2) is 43.7 Å². The third-order valence-electron chi connectivity index (χ3n) is 5.75. The Morgan fingerprint density at radius 3 is 1.97 bits per heavy atom. The molecule has 0 unspecified atom stereocenters. The molecule has 38 heavy (non-hydrogen) atoms. The van der Waals surface area contributed by atoms with Crippen LogP contribution in [0.3, 0.4) is 0 Å². The molecule has 0 atom stereocenters. The molecule has 8 nitrogen and oxygen atoms in total. The molecular weight excluding hydrogens is 521 g/mol. The van der Waals surface area contributed by atoms with Crippen LogP contribution >= 0.6 is 11.6 Å². The minimum atomic E-state index is -4.73. The lowest BCUT2D eigenvalue weighted by molar-refractivity contribution is -0.141. The quantitative estimate of drug-likeness (QED) is 0.259. The van der Waals surface area contributed by atoms with E-state index in [-0.39, 0.29) is 16.7 Å². The molecule has 0 saturated heterocycles. The number of alkyl halides is 3. The lowest BCUT2D eigenvalue weighted by Gasteiger charge is -2.12. The number of benzene rings is 2. The molecule has 0 aliphatic heterocycles. The minimum Gasteiger partial charge on any atom is -0.497 e. The largest absolute Gasteiger partial charge is 0.497 e. The van der Waals surface area contributed by atoms with Crippen molar-refractivity contribution in [3.05, 3.63) is 77.7 Å². The molecule has 3 aromatic heterocycles. The molecule has 0 bridgehead atoms. The van der Waals surface area contributed by atoms with Crippen molar-refractivity contribution < 1.29 is 22.6 Å². The highest BCUT2D eigenvalue weighted by atomic mass is 35.5. The summed E-state index contributed by atoms with van der Waals surface area (Å²) in [4.78, 5) is 8.27. The Balaban J connectivity index is 1.77. The van der Waals surface area contributed by atoms with Crippen LogP contribution in [0.1, 0.15) is 5.69 Å². The van der Waals surface area contributed by atoms with Gasteiger partial charge in [0.1, 0.15) is 17.2 Å². The third kappa shape index (κ3) is 4.80. The van der Waals surface area contributed by atoms with Crippen LogP contribution in [0.15, 0.2) is 67.0 Å². The number of rotatable bonds is 6. The number of halogens is 4. The van der Waals surface area contributed by atoms with Crippen molar-refractivity contribution in [2.24, 2.45) is 7.05 Å². The van der Waals surface area contributed by atoms with Gasteiger partial charge in [0, 0.05) is 29.9 Å². The smallest absolute Gasteiger partial charge is 0.433 e. The van der Waals surface area contributed by atoms with Gasteiger partial charge in [-0.3, -0.25) is 4.68 Å². The summed E-state index contributed by atoms with van der Waals surface area (Å²) in [6, 6.07) is 14.7. The van der Waals surface area contributed by atoms with E-state index in [0.717, 1.165) is 6.07 Å². The number of aryl methyl sites for hydroxylation is 1. The standard InChI is InChI=1S/C26H20ClF3N6O2/c1-35-14-17(13-31-35)20-12-21(26(28,29)30)33-25(32-20)36-24(16-6-10-19(38-3)11-7-16)22(27)23(34-36)15-4-8-18(37-2)9-5-15/h4-14H,1-3H3. The zero-order valence-corrected chi connectivity index (χ0v) is 21.1. The van der Waals surface area contributed by atoms with Crippen molar-refractivity contribution in [3.8, 4) is 51.2 Å². The van der Waals surface area contributed by atoms with E-state index < -0.39 is 11.9 Å². The maximum Gasteiger partial charge on any atom is 0.433 e. The minimum absolute atomic E-state index is 0.0359. The molecule has 0 radical (unpaired) electrons. The van der Waals surface area contributed by atoms with Gasteiger partial charge < -0.3 is 9.47 Å². The summed E-state index contributed by atoms with van der Waals surface area (Å²) >= 11 is 6.85. The number of methoxy groups -OCH3 is 2. The van der Waals surface area contributed by atoms with Crippen LogP contribution in [0.5, 0.6) is 11.5 Å². The van der Waals surface area contributed by atoms with Crippen molar-refractivity contribution in [1.82, 2.24) is 29.5 Å². The molecule has 5 aromatic rings. The number of ether oxygens (including phenoxy) is 2. The first-order valence-corrected chi connectivity index (χ1v) is 11.6. The molecule has 0 fully saturated rings. The number of hydrogen-bond donors (Lipinski definition) is 0. The summed E-state index contributed by atoms with van der Waals surface area (Å²) in [5, 5.41) is 8.85. The Hall–Kier alpha value is -4.38. The van der Waals surface area contributed by atoms with E-state index in [0.29, 0.717) is 39.6 Å².